The molecule has 3 heteroatoms. The van der Waals surface area contributed by atoms with Crippen LogP contribution in [0.25, 0.3) is 11.0 Å². The van der Waals surface area contributed by atoms with Gasteiger partial charge in [0.05, 0.1) is 11.1 Å². The highest BCUT2D eigenvalue weighted by Crippen LogP contribution is 2.38. The largest absolute Gasteiger partial charge is 0.234 e. The molecule has 0 fully saturated rings. The van der Waals surface area contributed by atoms with Crippen LogP contribution in [0.15, 0.2) is 54.6 Å². The van der Waals surface area contributed by atoms with E-state index in [0.29, 0.717) is 0 Å². The van der Waals surface area contributed by atoms with Crippen LogP contribution in [0.1, 0.15) is 57.9 Å². The van der Waals surface area contributed by atoms with Crippen molar-refractivity contribution >= 4 is 11.0 Å². The summed E-state index contributed by atoms with van der Waals surface area (Å²) in [5.41, 5.74) is 3.35. The summed E-state index contributed by atoms with van der Waals surface area (Å²) in [5, 5.41) is 9.06. The van der Waals surface area contributed by atoms with Crippen LogP contribution in [0.5, 0.6) is 0 Å². The van der Waals surface area contributed by atoms with E-state index < -0.39 is 0 Å². The summed E-state index contributed by atoms with van der Waals surface area (Å²) in [7, 11) is 0. The lowest BCUT2D eigenvalue weighted by atomic mass is 9.80. The Morgan fingerprint density at radius 1 is 0.833 bits per heavy atom. The molecular weight excluding hydrogens is 294 g/mol. The van der Waals surface area contributed by atoms with Crippen molar-refractivity contribution in [2.75, 3.05) is 0 Å². The van der Waals surface area contributed by atoms with Gasteiger partial charge in [-0.3, -0.25) is 0 Å². The number of hydrogen-bond acceptors (Lipinski definition) is 2. The second kappa shape index (κ2) is 7.61. The van der Waals surface area contributed by atoms with Gasteiger partial charge in [-0.05, 0) is 30.5 Å². The Hall–Kier alpha value is -2.16. The highest BCUT2D eigenvalue weighted by Gasteiger charge is 2.35. The lowest BCUT2D eigenvalue weighted by Gasteiger charge is -2.35. The van der Waals surface area contributed by atoms with E-state index >= 15 is 0 Å². The average molecular weight is 321 g/mol. The van der Waals surface area contributed by atoms with Gasteiger partial charge in [-0.25, -0.2) is 4.68 Å². The Bertz CT molecular complexity index is 753. The van der Waals surface area contributed by atoms with E-state index in [1.807, 2.05) is 12.1 Å². The Morgan fingerprint density at radius 2 is 1.46 bits per heavy atom. The molecule has 0 saturated carbocycles. The van der Waals surface area contributed by atoms with Crippen LogP contribution < -0.4 is 0 Å². The molecule has 0 aliphatic carbocycles. The first kappa shape index (κ1) is 16.7. The monoisotopic (exact) mass is 321 g/mol. The molecule has 3 rings (SSSR count). The summed E-state index contributed by atoms with van der Waals surface area (Å²) in [6.07, 6.45) is 6.95. The Labute approximate surface area is 144 Å². The highest BCUT2D eigenvalue weighted by atomic mass is 15.5. The van der Waals surface area contributed by atoms with Crippen LogP contribution in [-0.4, -0.2) is 15.0 Å². The lowest BCUT2D eigenvalue weighted by Crippen LogP contribution is -2.36. The maximum atomic E-state index is 4.62. The third kappa shape index (κ3) is 3.08. The van der Waals surface area contributed by atoms with Gasteiger partial charge >= 0.3 is 0 Å². The summed E-state index contributed by atoms with van der Waals surface area (Å²) in [5.74, 6) is 0. The van der Waals surface area contributed by atoms with Crippen LogP contribution in [0, 0.1) is 0 Å². The third-order valence-electron chi connectivity index (χ3n) is 4.96. The second-order valence-electron chi connectivity index (χ2n) is 6.59. The fourth-order valence-electron chi connectivity index (χ4n) is 3.62. The van der Waals surface area contributed by atoms with E-state index in [9.17, 15) is 0 Å². The average Bonchev–Trinajstić information content (AvgIpc) is 3.08. The number of para-hydroxylation sites is 1. The van der Waals surface area contributed by atoms with Gasteiger partial charge in [0.15, 0.2) is 0 Å². The van der Waals surface area contributed by atoms with E-state index in [1.165, 1.54) is 31.2 Å². The Kier molecular flexibility index (Phi) is 5.29. The number of fused-ring (bicyclic) bond motifs is 1. The van der Waals surface area contributed by atoms with Gasteiger partial charge < -0.3 is 0 Å². The van der Waals surface area contributed by atoms with Gasteiger partial charge in [-0.2, -0.15) is 0 Å². The van der Waals surface area contributed by atoms with Crippen LogP contribution in [0.2, 0.25) is 0 Å². The zero-order valence-corrected chi connectivity index (χ0v) is 14.8. The molecule has 0 spiro atoms. The predicted octanol–water partition coefficient (Wildman–Crippen LogP) is 5.56. The van der Waals surface area contributed by atoms with Gasteiger partial charge in [-0.15, -0.1) is 5.10 Å². The predicted molar refractivity (Wildman–Crippen MR) is 100 cm³/mol. The fourth-order valence-corrected chi connectivity index (χ4v) is 3.62. The third-order valence-corrected chi connectivity index (χ3v) is 4.96. The van der Waals surface area contributed by atoms with Crippen molar-refractivity contribution in [2.45, 2.75) is 57.9 Å². The molecule has 3 nitrogen and oxygen atoms in total. The molecule has 2 aromatic carbocycles. The SMILES string of the molecule is CCCCC(CCCC)(c1ccccc1)n1nnc2ccccc21. The Morgan fingerprint density at radius 3 is 2.12 bits per heavy atom. The standard InChI is InChI=1S/C21H27N3/c1-3-5-16-21(17-6-4-2,18-12-8-7-9-13-18)24-20-15-11-10-14-19(20)22-23-24/h7-15H,3-6,16-17H2,1-2H3. The molecule has 3 aromatic rings. The zero-order chi connectivity index (χ0) is 16.8. The minimum absolute atomic E-state index is 0.108. The first-order chi connectivity index (χ1) is 11.8. The van der Waals surface area contributed by atoms with Gasteiger partial charge in [0.25, 0.3) is 0 Å². The molecule has 0 radical (unpaired) electrons. The van der Waals surface area contributed by atoms with Crippen molar-refractivity contribution in [1.29, 1.82) is 0 Å². The summed E-state index contributed by atoms with van der Waals surface area (Å²) in [6, 6.07) is 19.2. The normalized spacial score (nSPS) is 11.9. The number of aromatic nitrogens is 3. The van der Waals surface area contributed by atoms with Crippen molar-refractivity contribution in [3.8, 4) is 0 Å². The first-order valence-corrected chi connectivity index (χ1v) is 9.18. The molecular formula is C21H27N3. The minimum Gasteiger partial charge on any atom is -0.234 e. The van der Waals surface area contributed by atoms with E-state index in [0.717, 1.165) is 23.9 Å². The molecule has 0 saturated heterocycles. The fraction of sp³-hybridized carbons (Fsp3) is 0.429. The van der Waals surface area contributed by atoms with Crippen molar-refractivity contribution in [2.24, 2.45) is 0 Å². The summed E-state index contributed by atoms with van der Waals surface area (Å²) < 4.78 is 2.20. The van der Waals surface area contributed by atoms with Crippen molar-refractivity contribution < 1.29 is 0 Å². The number of benzene rings is 2. The zero-order valence-electron chi connectivity index (χ0n) is 14.8. The summed E-state index contributed by atoms with van der Waals surface area (Å²) in [4.78, 5) is 0. The maximum Gasteiger partial charge on any atom is 0.113 e. The van der Waals surface area contributed by atoms with Gasteiger partial charge in [0.2, 0.25) is 0 Å². The molecule has 126 valence electrons. The number of unbranched alkanes of at least 4 members (excludes halogenated alkanes) is 2. The molecule has 0 unspecified atom stereocenters. The van der Waals surface area contributed by atoms with Gasteiger partial charge in [-0.1, -0.05) is 87.2 Å². The number of rotatable bonds is 8. The molecule has 1 aromatic heterocycles. The second-order valence-corrected chi connectivity index (χ2v) is 6.59. The molecule has 1 heterocycles. The smallest absolute Gasteiger partial charge is 0.113 e. The minimum atomic E-state index is -0.108. The first-order valence-electron chi connectivity index (χ1n) is 9.18. The van der Waals surface area contributed by atoms with Crippen LogP contribution >= 0.6 is 0 Å². The molecule has 24 heavy (non-hydrogen) atoms. The van der Waals surface area contributed by atoms with Gasteiger partial charge in [0.1, 0.15) is 5.52 Å². The quantitative estimate of drug-likeness (QED) is 0.544. The van der Waals surface area contributed by atoms with Crippen molar-refractivity contribution in [3.05, 3.63) is 60.2 Å². The van der Waals surface area contributed by atoms with Crippen LogP contribution in [-0.2, 0) is 5.54 Å². The van der Waals surface area contributed by atoms with Crippen molar-refractivity contribution in [1.82, 2.24) is 15.0 Å². The molecule has 0 aliphatic rings. The van der Waals surface area contributed by atoms with Gasteiger partial charge in [0, 0.05) is 0 Å². The van der Waals surface area contributed by atoms with E-state index in [-0.39, 0.29) is 5.54 Å². The highest BCUT2D eigenvalue weighted by molar-refractivity contribution is 5.74. The number of nitrogens with zero attached hydrogens (tertiary/aromatic N) is 3. The topological polar surface area (TPSA) is 30.7 Å². The maximum absolute atomic E-state index is 4.62. The molecule has 0 bridgehead atoms. The molecule has 0 aliphatic heterocycles. The summed E-state index contributed by atoms with van der Waals surface area (Å²) in [6.45, 7) is 4.52. The summed E-state index contributed by atoms with van der Waals surface area (Å²) >= 11 is 0. The molecule has 0 N–H and O–H groups in total. The molecule has 0 atom stereocenters. The van der Waals surface area contributed by atoms with Crippen molar-refractivity contribution in [3.63, 3.8) is 0 Å². The lowest BCUT2D eigenvalue weighted by molar-refractivity contribution is 0.263. The molecule has 0 amide bonds. The van der Waals surface area contributed by atoms with E-state index in [1.54, 1.807) is 0 Å². The Balaban J connectivity index is 2.18. The van der Waals surface area contributed by atoms with Crippen LogP contribution in [0.4, 0.5) is 0 Å². The van der Waals surface area contributed by atoms with E-state index in [4.69, 9.17) is 0 Å². The van der Waals surface area contributed by atoms with Crippen LogP contribution in [0.3, 0.4) is 0 Å². The van der Waals surface area contributed by atoms with E-state index in [2.05, 4.69) is 71.3 Å². The number of hydrogen-bond donors (Lipinski definition) is 0.